The maximum atomic E-state index is 10.8. The number of aryl methyl sites for hydroxylation is 1. The minimum atomic E-state index is -0.492. The summed E-state index contributed by atoms with van der Waals surface area (Å²) < 4.78 is 1.60. The predicted octanol–water partition coefficient (Wildman–Crippen LogP) is 0.903. The van der Waals surface area contributed by atoms with Gasteiger partial charge in [-0.25, -0.2) is 0 Å². The molecule has 0 aliphatic heterocycles. The molecule has 0 amide bonds. The van der Waals surface area contributed by atoms with Crippen LogP contribution in [0.3, 0.4) is 0 Å². The third kappa shape index (κ3) is 2.38. The van der Waals surface area contributed by atoms with Crippen LogP contribution in [0, 0.1) is 15.5 Å². The van der Waals surface area contributed by atoms with Crippen molar-refractivity contribution in [3.63, 3.8) is 0 Å². The number of nitro groups is 1. The quantitative estimate of drug-likeness (QED) is 0.569. The number of rotatable bonds is 6. The largest absolute Gasteiger partial charge is 0.406 e. The molecule has 1 aromatic rings. The Bertz CT molecular complexity index is 425. The smallest absolute Gasteiger partial charge is 0.396 e. The van der Waals surface area contributed by atoms with Crippen molar-refractivity contribution in [2.75, 3.05) is 18.5 Å². The van der Waals surface area contributed by atoms with Crippen molar-refractivity contribution in [3.05, 3.63) is 16.4 Å². The summed E-state index contributed by atoms with van der Waals surface area (Å²) in [6.45, 7) is 0.809. The van der Waals surface area contributed by atoms with Gasteiger partial charge in [0.1, 0.15) is 0 Å². The first-order chi connectivity index (χ1) is 8.08. The first-order valence-corrected chi connectivity index (χ1v) is 5.58. The summed E-state index contributed by atoms with van der Waals surface area (Å²) in [4.78, 5) is 14.0. The molecule has 94 valence electrons. The molecule has 2 rings (SSSR count). The van der Waals surface area contributed by atoms with Gasteiger partial charge in [0, 0.05) is 20.2 Å². The molecular formula is C10H16N4O3. The Balaban J connectivity index is 2.04. The fraction of sp³-hybridized carbons (Fsp3) is 0.700. The molecule has 0 saturated heterocycles. The van der Waals surface area contributed by atoms with E-state index < -0.39 is 4.92 Å². The first-order valence-electron chi connectivity index (χ1n) is 5.58. The molecule has 1 heterocycles. The maximum absolute atomic E-state index is 10.8. The second-order valence-corrected chi connectivity index (χ2v) is 4.61. The van der Waals surface area contributed by atoms with E-state index in [1.807, 2.05) is 0 Å². The fourth-order valence-electron chi connectivity index (χ4n) is 1.96. The monoisotopic (exact) mass is 240 g/mol. The molecule has 2 N–H and O–H groups in total. The van der Waals surface area contributed by atoms with Crippen molar-refractivity contribution in [2.45, 2.75) is 19.3 Å². The highest BCUT2D eigenvalue weighted by Crippen LogP contribution is 2.48. The van der Waals surface area contributed by atoms with E-state index in [9.17, 15) is 10.1 Å². The van der Waals surface area contributed by atoms with Gasteiger partial charge in [-0.3, -0.25) is 4.57 Å². The summed E-state index contributed by atoms with van der Waals surface area (Å²) in [5.41, 5.74) is 0.118. The van der Waals surface area contributed by atoms with E-state index >= 15 is 0 Å². The average Bonchev–Trinajstić information content (AvgIpc) is 2.93. The second kappa shape index (κ2) is 4.33. The molecule has 7 heteroatoms. The minimum absolute atomic E-state index is 0.118. The van der Waals surface area contributed by atoms with Gasteiger partial charge in [-0.1, -0.05) is 0 Å². The molecular weight excluding hydrogens is 224 g/mol. The second-order valence-electron chi connectivity index (χ2n) is 4.61. The van der Waals surface area contributed by atoms with Crippen LogP contribution in [0.1, 0.15) is 19.3 Å². The molecule has 0 spiro atoms. The number of nitrogens with zero attached hydrogens (tertiary/aromatic N) is 3. The highest BCUT2D eigenvalue weighted by atomic mass is 16.6. The van der Waals surface area contributed by atoms with E-state index in [0.29, 0.717) is 12.4 Å². The average molecular weight is 240 g/mol. The van der Waals surface area contributed by atoms with Crippen LogP contribution in [0.4, 0.5) is 11.6 Å². The molecule has 0 bridgehead atoms. The van der Waals surface area contributed by atoms with Crippen LogP contribution in [-0.2, 0) is 7.05 Å². The van der Waals surface area contributed by atoms with Crippen molar-refractivity contribution in [1.29, 1.82) is 0 Å². The number of aromatic nitrogens is 2. The number of hydrogen-bond acceptors (Lipinski definition) is 5. The summed E-state index contributed by atoms with van der Waals surface area (Å²) in [6.07, 6.45) is 4.29. The highest BCUT2D eigenvalue weighted by molar-refractivity contribution is 5.52. The van der Waals surface area contributed by atoms with Crippen molar-refractivity contribution in [3.8, 4) is 0 Å². The van der Waals surface area contributed by atoms with Crippen molar-refractivity contribution in [2.24, 2.45) is 12.5 Å². The lowest BCUT2D eigenvalue weighted by Gasteiger charge is -2.14. The molecule has 0 radical (unpaired) electrons. The molecule has 1 aliphatic rings. The normalized spacial score (nSPS) is 16.8. The third-order valence-electron chi connectivity index (χ3n) is 3.32. The van der Waals surface area contributed by atoms with Gasteiger partial charge >= 0.3 is 5.82 Å². The number of imidazole rings is 1. The van der Waals surface area contributed by atoms with Gasteiger partial charge in [0.15, 0.2) is 0 Å². The van der Waals surface area contributed by atoms with Gasteiger partial charge in [0.05, 0.1) is 0 Å². The lowest BCUT2D eigenvalue weighted by molar-refractivity contribution is -0.388. The third-order valence-corrected chi connectivity index (χ3v) is 3.32. The molecule has 1 aliphatic carbocycles. The number of anilines is 1. The molecule has 0 aromatic carbocycles. The van der Waals surface area contributed by atoms with Gasteiger partial charge < -0.3 is 20.5 Å². The highest BCUT2D eigenvalue weighted by Gasteiger charge is 2.42. The van der Waals surface area contributed by atoms with Crippen LogP contribution in [-0.4, -0.2) is 32.7 Å². The van der Waals surface area contributed by atoms with Crippen molar-refractivity contribution < 1.29 is 10.0 Å². The van der Waals surface area contributed by atoms with E-state index in [1.54, 1.807) is 11.6 Å². The Morgan fingerprint density at radius 2 is 2.41 bits per heavy atom. The Morgan fingerprint density at radius 3 is 2.94 bits per heavy atom. The molecule has 0 unspecified atom stereocenters. The van der Waals surface area contributed by atoms with Gasteiger partial charge in [0.2, 0.25) is 12.1 Å². The first kappa shape index (κ1) is 11.8. The van der Waals surface area contributed by atoms with E-state index in [1.165, 1.54) is 6.33 Å². The van der Waals surface area contributed by atoms with E-state index in [-0.39, 0.29) is 17.8 Å². The molecule has 1 saturated carbocycles. The molecule has 1 aromatic heterocycles. The van der Waals surface area contributed by atoms with Crippen molar-refractivity contribution >= 4 is 11.6 Å². The zero-order chi connectivity index (χ0) is 12.5. The van der Waals surface area contributed by atoms with Gasteiger partial charge in [-0.2, -0.15) is 0 Å². The van der Waals surface area contributed by atoms with Crippen LogP contribution in [0.5, 0.6) is 0 Å². The van der Waals surface area contributed by atoms with Crippen LogP contribution < -0.4 is 5.32 Å². The minimum Gasteiger partial charge on any atom is -0.396 e. The SMILES string of the molecule is Cn1cnc([N+](=O)[O-])c1NCC1(CCO)CC1. The summed E-state index contributed by atoms with van der Waals surface area (Å²) in [7, 11) is 1.72. The van der Waals surface area contributed by atoms with E-state index in [4.69, 9.17) is 5.11 Å². The Labute approximate surface area is 98.6 Å². The fourth-order valence-corrected chi connectivity index (χ4v) is 1.96. The molecule has 17 heavy (non-hydrogen) atoms. The number of hydrogen-bond donors (Lipinski definition) is 2. The van der Waals surface area contributed by atoms with Crippen LogP contribution >= 0.6 is 0 Å². The Morgan fingerprint density at radius 1 is 1.71 bits per heavy atom. The van der Waals surface area contributed by atoms with Gasteiger partial charge in [0.25, 0.3) is 0 Å². The Kier molecular flexibility index (Phi) is 3.01. The zero-order valence-electron chi connectivity index (χ0n) is 9.72. The van der Waals surface area contributed by atoms with Crippen LogP contribution in [0.25, 0.3) is 0 Å². The van der Waals surface area contributed by atoms with E-state index in [2.05, 4.69) is 10.3 Å². The zero-order valence-corrected chi connectivity index (χ0v) is 9.72. The lowest BCUT2D eigenvalue weighted by atomic mass is 10.0. The summed E-state index contributed by atoms with van der Waals surface area (Å²) in [5, 5.41) is 22.8. The predicted molar refractivity (Wildman–Crippen MR) is 61.7 cm³/mol. The van der Waals surface area contributed by atoms with Crippen molar-refractivity contribution in [1.82, 2.24) is 9.55 Å². The van der Waals surface area contributed by atoms with Gasteiger partial charge in [-0.05, 0) is 34.6 Å². The maximum Gasteiger partial charge on any atom is 0.406 e. The van der Waals surface area contributed by atoms with E-state index in [0.717, 1.165) is 19.3 Å². The Hall–Kier alpha value is -1.63. The summed E-state index contributed by atoms with van der Waals surface area (Å²) >= 11 is 0. The summed E-state index contributed by atoms with van der Waals surface area (Å²) in [5.74, 6) is 0.284. The standard InChI is InChI=1S/C10H16N4O3/c1-13-7-12-9(14(16)17)8(13)11-6-10(2-3-10)4-5-15/h7,11,15H,2-6H2,1H3. The molecule has 0 atom stereocenters. The topological polar surface area (TPSA) is 93.2 Å². The summed E-state index contributed by atoms with van der Waals surface area (Å²) in [6, 6.07) is 0. The number of nitrogens with one attached hydrogen (secondary N) is 1. The molecule has 1 fully saturated rings. The van der Waals surface area contributed by atoms with Crippen LogP contribution in [0.15, 0.2) is 6.33 Å². The van der Waals surface area contributed by atoms with Crippen LogP contribution in [0.2, 0.25) is 0 Å². The molecule has 7 nitrogen and oxygen atoms in total. The van der Waals surface area contributed by atoms with Gasteiger partial charge in [-0.15, -0.1) is 0 Å². The number of aliphatic hydroxyl groups excluding tert-OH is 1. The number of aliphatic hydroxyl groups is 1. The lowest BCUT2D eigenvalue weighted by Crippen LogP contribution is -2.18.